The van der Waals surface area contributed by atoms with Crippen molar-refractivity contribution in [1.29, 1.82) is 0 Å². The number of benzene rings is 1. The van der Waals surface area contributed by atoms with Crippen LogP contribution >= 0.6 is 0 Å². The molecule has 1 saturated carbocycles. The maximum atomic E-state index is 13.4. The highest BCUT2D eigenvalue weighted by atomic mass is 19.1. The van der Waals surface area contributed by atoms with Gasteiger partial charge in [-0.2, -0.15) is 0 Å². The fourth-order valence-corrected chi connectivity index (χ4v) is 2.09. The lowest BCUT2D eigenvalue weighted by atomic mass is 9.86. The van der Waals surface area contributed by atoms with Gasteiger partial charge in [-0.05, 0) is 12.5 Å². The van der Waals surface area contributed by atoms with Gasteiger partial charge in [-0.3, -0.25) is 0 Å². The third kappa shape index (κ3) is 3.73. The van der Waals surface area contributed by atoms with Crippen molar-refractivity contribution in [3.05, 3.63) is 35.6 Å². The molecule has 0 heterocycles. The van der Waals surface area contributed by atoms with Crippen molar-refractivity contribution in [3.63, 3.8) is 0 Å². The SMILES string of the molecule is COCCOC1C(N)CC1OCc1ccccc1F. The largest absolute Gasteiger partial charge is 0.382 e. The summed E-state index contributed by atoms with van der Waals surface area (Å²) in [6.45, 7) is 1.27. The molecule has 1 fully saturated rings. The van der Waals surface area contributed by atoms with E-state index < -0.39 is 0 Å². The molecule has 1 aromatic rings. The molecule has 0 spiro atoms. The van der Waals surface area contributed by atoms with E-state index in [4.69, 9.17) is 19.9 Å². The second-order valence-corrected chi connectivity index (χ2v) is 4.67. The molecular formula is C14H20FNO3. The first-order chi connectivity index (χ1) is 9.22. The average molecular weight is 269 g/mol. The van der Waals surface area contributed by atoms with Crippen LogP contribution in [0.25, 0.3) is 0 Å². The molecule has 0 amide bonds. The molecule has 0 saturated heterocycles. The molecule has 106 valence electrons. The van der Waals surface area contributed by atoms with Gasteiger partial charge in [0, 0.05) is 18.7 Å². The number of ether oxygens (including phenoxy) is 3. The maximum Gasteiger partial charge on any atom is 0.128 e. The Balaban J connectivity index is 1.78. The molecule has 4 nitrogen and oxygen atoms in total. The van der Waals surface area contributed by atoms with Crippen LogP contribution in [0.15, 0.2) is 24.3 Å². The molecular weight excluding hydrogens is 249 g/mol. The molecule has 0 radical (unpaired) electrons. The van der Waals surface area contributed by atoms with Crippen LogP contribution in [0.3, 0.4) is 0 Å². The Labute approximate surface area is 112 Å². The van der Waals surface area contributed by atoms with Gasteiger partial charge in [0.05, 0.1) is 32.0 Å². The van der Waals surface area contributed by atoms with E-state index in [0.29, 0.717) is 18.8 Å². The summed E-state index contributed by atoms with van der Waals surface area (Å²) in [6, 6.07) is 6.59. The monoisotopic (exact) mass is 269 g/mol. The van der Waals surface area contributed by atoms with Crippen molar-refractivity contribution in [1.82, 2.24) is 0 Å². The zero-order valence-corrected chi connectivity index (χ0v) is 11.0. The minimum Gasteiger partial charge on any atom is -0.382 e. The molecule has 2 N–H and O–H groups in total. The first-order valence-corrected chi connectivity index (χ1v) is 6.43. The third-order valence-electron chi connectivity index (χ3n) is 3.30. The molecule has 1 aromatic carbocycles. The van der Waals surface area contributed by atoms with E-state index in [-0.39, 0.29) is 30.7 Å². The number of halogens is 1. The topological polar surface area (TPSA) is 53.7 Å². The predicted molar refractivity (Wildman–Crippen MR) is 69.2 cm³/mol. The van der Waals surface area contributed by atoms with Crippen LogP contribution in [-0.2, 0) is 20.8 Å². The molecule has 19 heavy (non-hydrogen) atoms. The highest BCUT2D eigenvalue weighted by Crippen LogP contribution is 2.26. The summed E-state index contributed by atoms with van der Waals surface area (Å²) < 4.78 is 29.6. The van der Waals surface area contributed by atoms with Crippen LogP contribution in [-0.4, -0.2) is 38.6 Å². The maximum absolute atomic E-state index is 13.4. The van der Waals surface area contributed by atoms with E-state index in [0.717, 1.165) is 6.42 Å². The van der Waals surface area contributed by atoms with Gasteiger partial charge in [0.15, 0.2) is 0 Å². The minimum absolute atomic E-state index is 0.0116. The van der Waals surface area contributed by atoms with E-state index in [2.05, 4.69) is 0 Å². The summed E-state index contributed by atoms with van der Waals surface area (Å²) >= 11 is 0. The van der Waals surface area contributed by atoms with Gasteiger partial charge in [-0.25, -0.2) is 4.39 Å². The van der Waals surface area contributed by atoms with Crippen molar-refractivity contribution < 1.29 is 18.6 Å². The number of nitrogens with two attached hydrogens (primary N) is 1. The van der Waals surface area contributed by atoms with Gasteiger partial charge in [0.2, 0.25) is 0 Å². The first-order valence-electron chi connectivity index (χ1n) is 6.43. The molecule has 0 aromatic heterocycles. The fraction of sp³-hybridized carbons (Fsp3) is 0.571. The van der Waals surface area contributed by atoms with Crippen molar-refractivity contribution in [2.45, 2.75) is 31.3 Å². The Bertz CT molecular complexity index is 402. The third-order valence-corrected chi connectivity index (χ3v) is 3.30. The molecule has 0 bridgehead atoms. The van der Waals surface area contributed by atoms with Crippen LogP contribution in [0.4, 0.5) is 4.39 Å². The van der Waals surface area contributed by atoms with Crippen molar-refractivity contribution in [2.75, 3.05) is 20.3 Å². The molecule has 3 unspecified atom stereocenters. The second kappa shape index (κ2) is 6.96. The van der Waals surface area contributed by atoms with Crippen molar-refractivity contribution in [3.8, 4) is 0 Å². The predicted octanol–water partition coefficient (Wildman–Crippen LogP) is 1.47. The lowest BCUT2D eigenvalue weighted by molar-refractivity contribution is -0.149. The fourth-order valence-electron chi connectivity index (χ4n) is 2.09. The molecule has 3 atom stereocenters. The van der Waals surface area contributed by atoms with Crippen LogP contribution in [0.2, 0.25) is 0 Å². The standard InChI is InChI=1S/C14H20FNO3/c1-17-6-7-18-14-12(16)8-13(14)19-9-10-4-2-3-5-11(10)15/h2-5,12-14H,6-9,16H2,1H3. The lowest BCUT2D eigenvalue weighted by Crippen LogP contribution is -2.58. The number of hydrogen-bond acceptors (Lipinski definition) is 4. The Kier molecular flexibility index (Phi) is 5.27. The van der Waals surface area contributed by atoms with Crippen LogP contribution in [0, 0.1) is 5.82 Å². The molecule has 1 aliphatic rings. The van der Waals surface area contributed by atoms with E-state index >= 15 is 0 Å². The molecule has 1 aliphatic carbocycles. The Morgan fingerprint density at radius 3 is 2.74 bits per heavy atom. The van der Waals surface area contributed by atoms with Gasteiger partial charge in [0.1, 0.15) is 5.82 Å². The summed E-state index contributed by atoms with van der Waals surface area (Å²) in [5.41, 5.74) is 6.43. The van der Waals surface area contributed by atoms with Crippen LogP contribution in [0.1, 0.15) is 12.0 Å². The van der Waals surface area contributed by atoms with Gasteiger partial charge in [-0.1, -0.05) is 18.2 Å². The van der Waals surface area contributed by atoms with Gasteiger partial charge in [-0.15, -0.1) is 0 Å². The zero-order chi connectivity index (χ0) is 13.7. The number of rotatable bonds is 7. The van der Waals surface area contributed by atoms with Crippen molar-refractivity contribution >= 4 is 0 Å². The van der Waals surface area contributed by atoms with Gasteiger partial charge in [0.25, 0.3) is 0 Å². The average Bonchev–Trinajstić information content (AvgIpc) is 2.41. The van der Waals surface area contributed by atoms with Crippen LogP contribution < -0.4 is 5.73 Å². The quantitative estimate of drug-likeness (QED) is 0.762. The summed E-state index contributed by atoms with van der Waals surface area (Å²) in [4.78, 5) is 0. The summed E-state index contributed by atoms with van der Waals surface area (Å²) in [6.07, 6.45) is 0.555. The first kappa shape index (κ1) is 14.4. The van der Waals surface area contributed by atoms with E-state index in [1.165, 1.54) is 6.07 Å². The molecule has 2 rings (SSSR count). The van der Waals surface area contributed by atoms with Gasteiger partial charge >= 0.3 is 0 Å². The number of hydrogen-bond donors (Lipinski definition) is 1. The molecule has 0 aliphatic heterocycles. The minimum atomic E-state index is -0.247. The van der Waals surface area contributed by atoms with Gasteiger partial charge < -0.3 is 19.9 Å². The second-order valence-electron chi connectivity index (χ2n) is 4.67. The Morgan fingerprint density at radius 2 is 2.05 bits per heavy atom. The summed E-state index contributed by atoms with van der Waals surface area (Å²) in [5.74, 6) is -0.247. The van der Waals surface area contributed by atoms with E-state index in [9.17, 15) is 4.39 Å². The summed E-state index contributed by atoms with van der Waals surface area (Å²) in [7, 11) is 1.62. The van der Waals surface area contributed by atoms with E-state index in [1.54, 1.807) is 25.3 Å². The summed E-state index contributed by atoms with van der Waals surface area (Å²) in [5, 5.41) is 0. The highest BCUT2D eigenvalue weighted by molar-refractivity contribution is 5.16. The highest BCUT2D eigenvalue weighted by Gasteiger charge is 2.40. The lowest BCUT2D eigenvalue weighted by Gasteiger charge is -2.41. The van der Waals surface area contributed by atoms with E-state index in [1.807, 2.05) is 0 Å². The number of methoxy groups -OCH3 is 1. The zero-order valence-electron chi connectivity index (χ0n) is 11.0. The normalized spacial score (nSPS) is 26.2. The van der Waals surface area contributed by atoms with Crippen molar-refractivity contribution in [2.24, 2.45) is 5.73 Å². The van der Waals surface area contributed by atoms with Crippen LogP contribution in [0.5, 0.6) is 0 Å². The smallest absolute Gasteiger partial charge is 0.128 e. The molecule has 5 heteroatoms. The Morgan fingerprint density at radius 1 is 1.26 bits per heavy atom. The Hall–Kier alpha value is -1.01.